The van der Waals surface area contributed by atoms with Gasteiger partial charge in [-0.1, -0.05) is 12.1 Å². The number of hydrogen-bond acceptors (Lipinski definition) is 6. The lowest BCUT2D eigenvalue weighted by molar-refractivity contribution is 0.628. The van der Waals surface area contributed by atoms with Gasteiger partial charge in [-0.3, -0.25) is 4.98 Å². The maximum absolute atomic E-state index is 13.6. The summed E-state index contributed by atoms with van der Waals surface area (Å²) in [6, 6.07) is 9.93. The molecular formula is C15H8FN5S. The third kappa shape index (κ3) is 2.21. The highest BCUT2D eigenvalue weighted by atomic mass is 32.1. The summed E-state index contributed by atoms with van der Waals surface area (Å²) in [4.78, 5) is 13.1. The lowest BCUT2D eigenvalue weighted by Crippen LogP contribution is -1.95. The van der Waals surface area contributed by atoms with Gasteiger partial charge in [0.2, 0.25) is 11.3 Å². The van der Waals surface area contributed by atoms with Crippen LogP contribution in [-0.2, 0) is 0 Å². The number of nitrogens with zero attached hydrogens (tertiary/aromatic N) is 5. The van der Waals surface area contributed by atoms with Crippen LogP contribution in [0, 0.1) is 5.82 Å². The summed E-state index contributed by atoms with van der Waals surface area (Å²) in [6.07, 6.45) is 3.35. The van der Waals surface area contributed by atoms with Crippen LogP contribution in [0.1, 0.15) is 0 Å². The van der Waals surface area contributed by atoms with Crippen LogP contribution in [0.25, 0.3) is 33.8 Å². The van der Waals surface area contributed by atoms with Gasteiger partial charge in [-0.2, -0.15) is 8.75 Å². The fourth-order valence-corrected chi connectivity index (χ4v) is 2.63. The Balaban J connectivity index is 2.03. The normalized spacial score (nSPS) is 11.0. The van der Waals surface area contributed by atoms with Crippen LogP contribution < -0.4 is 0 Å². The molecule has 1 aromatic carbocycles. The van der Waals surface area contributed by atoms with E-state index in [4.69, 9.17) is 0 Å². The molecule has 0 saturated carbocycles. The van der Waals surface area contributed by atoms with Crippen LogP contribution >= 0.6 is 11.7 Å². The van der Waals surface area contributed by atoms with Crippen molar-refractivity contribution in [3.05, 3.63) is 54.6 Å². The Labute approximate surface area is 128 Å². The Hall–Kier alpha value is -2.80. The first kappa shape index (κ1) is 12.9. The first-order valence-electron chi connectivity index (χ1n) is 6.48. The smallest absolute Gasteiger partial charge is 0.213 e. The minimum Gasteiger partial charge on any atom is -0.265 e. The van der Waals surface area contributed by atoms with Crippen molar-refractivity contribution >= 4 is 23.0 Å². The van der Waals surface area contributed by atoms with Crippen LogP contribution in [0.2, 0.25) is 0 Å². The van der Waals surface area contributed by atoms with Crippen molar-refractivity contribution in [3.8, 4) is 22.5 Å². The van der Waals surface area contributed by atoms with Crippen LogP contribution in [-0.4, -0.2) is 23.7 Å². The van der Waals surface area contributed by atoms with Crippen LogP contribution in [0.4, 0.5) is 4.39 Å². The number of pyridine rings is 1. The summed E-state index contributed by atoms with van der Waals surface area (Å²) >= 11 is 1.05. The number of rotatable bonds is 2. The van der Waals surface area contributed by atoms with E-state index in [0.29, 0.717) is 28.2 Å². The number of halogens is 1. The van der Waals surface area contributed by atoms with Gasteiger partial charge in [0.15, 0.2) is 0 Å². The number of aromatic nitrogens is 5. The minimum atomic E-state index is -0.323. The molecular weight excluding hydrogens is 301 g/mol. The molecule has 0 atom stereocenters. The molecule has 3 aromatic heterocycles. The highest BCUT2D eigenvalue weighted by Gasteiger charge is 2.15. The van der Waals surface area contributed by atoms with Crippen molar-refractivity contribution in [2.45, 2.75) is 0 Å². The summed E-state index contributed by atoms with van der Waals surface area (Å²) in [5, 5.41) is 0. The van der Waals surface area contributed by atoms with E-state index in [0.717, 1.165) is 17.3 Å². The van der Waals surface area contributed by atoms with Crippen molar-refractivity contribution in [3.63, 3.8) is 0 Å². The fourth-order valence-electron chi connectivity index (χ4n) is 2.19. The maximum atomic E-state index is 13.6. The first-order chi connectivity index (χ1) is 10.8. The standard InChI is InChI=1S/C15H8FN5S/c16-11-3-1-2-10(8-11)13-12(9-4-6-17-7-5-9)18-14-15(19-13)21-22-20-14/h1-8H. The fraction of sp³-hybridized carbons (Fsp3) is 0. The maximum Gasteiger partial charge on any atom is 0.213 e. The van der Waals surface area contributed by atoms with Gasteiger partial charge < -0.3 is 0 Å². The van der Waals surface area contributed by atoms with E-state index in [9.17, 15) is 4.39 Å². The summed E-state index contributed by atoms with van der Waals surface area (Å²) in [5.74, 6) is -0.323. The molecule has 0 fully saturated rings. The number of benzene rings is 1. The van der Waals surface area contributed by atoms with Crippen molar-refractivity contribution in [1.29, 1.82) is 0 Å². The Bertz CT molecular complexity index is 954. The van der Waals surface area contributed by atoms with Gasteiger partial charge in [0, 0.05) is 23.5 Å². The molecule has 0 N–H and O–H groups in total. The molecule has 4 rings (SSSR count). The summed E-state index contributed by atoms with van der Waals surface area (Å²) in [5.41, 5.74) is 3.64. The molecule has 7 heteroatoms. The quantitative estimate of drug-likeness (QED) is 0.568. The molecule has 0 aliphatic heterocycles. The molecule has 0 spiro atoms. The van der Waals surface area contributed by atoms with Crippen molar-refractivity contribution in [2.24, 2.45) is 0 Å². The van der Waals surface area contributed by atoms with Crippen molar-refractivity contribution in [1.82, 2.24) is 23.7 Å². The van der Waals surface area contributed by atoms with E-state index >= 15 is 0 Å². The largest absolute Gasteiger partial charge is 0.265 e. The molecule has 0 amide bonds. The van der Waals surface area contributed by atoms with Gasteiger partial charge in [-0.25, -0.2) is 14.4 Å². The van der Waals surface area contributed by atoms with E-state index in [2.05, 4.69) is 23.7 Å². The Kier molecular flexibility index (Phi) is 3.05. The van der Waals surface area contributed by atoms with Gasteiger partial charge in [0.25, 0.3) is 0 Å². The van der Waals surface area contributed by atoms with Crippen LogP contribution in [0.5, 0.6) is 0 Å². The van der Waals surface area contributed by atoms with Gasteiger partial charge >= 0.3 is 0 Å². The van der Waals surface area contributed by atoms with Crippen LogP contribution in [0.15, 0.2) is 48.8 Å². The topological polar surface area (TPSA) is 64.5 Å². The van der Waals surface area contributed by atoms with Gasteiger partial charge in [-0.15, -0.1) is 0 Å². The van der Waals surface area contributed by atoms with Crippen molar-refractivity contribution in [2.75, 3.05) is 0 Å². The molecule has 0 radical (unpaired) electrons. The van der Waals surface area contributed by atoms with E-state index in [-0.39, 0.29) is 5.82 Å². The van der Waals surface area contributed by atoms with Gasteiger partial charge in [0.1, 0.15) is 5.82 Å². The number of fused-ring (bicyclic) bond motifs is 1. The second-order valence-electron chi connectivity index (χ2n) is 4.58. The lowest BCUT2D eigenvalue weighted by Gasteiger charge is -2.08. The Morgan fingerprint density at radius 1 is 0.818 bits per heavy atom. The lowest BCUT2D eigenvalue weighted by atomic mass is 10.0. The second-order valence-corrected chi connectivity index (χ2v) is 5.11. The third-order valence-corrected chi connectivity index (χ3v) is 3.68. The molecule has 5 nitrogen and oxygen atoms in total. The second kappa shape index (κ2) is 5.19. The monoisotopic (exact) mass is 309 g/mol. The molecule has 0 aliphatic carbocycles. The van der Waals surface area contributed by atoms with Gasteiger partial charge in [0.05, 0.1) is 23.1 Å². The third-order valence-electron chi connectivity index (χ3n) is 3.17. The van der Waals surface area contributed by atoms with Gasteiger partial charge in [-0.05, 0) is 24.3 Å². The SMILES string of the molecule is Fc1cccc(-c2nc3nsnc3nc2-c2ccncc2)c1. The van der Waals surface area contributed by atoms with Crippen LogP contribution in [0.3, 0.4) is 0 Å². The average Bonchev–Trinajstić information content (AvgIpc) is 3.02. The van der Waals surface area contributed by atoms with E-state index in [1.807, 2.05) is 12.1 Å². The average molecular weight is 309 g/mol. The summed E-state index contributed by atoms with van der Waals surface area (Å²) in [7, 11) is 0. The molecule has 0 unspecified atom stereocenters. The number of hydrogen-bond donors (Lipinski definition) is 0. The van der Waals surface area contributed by atoms with E-state index in [1.54, 1.807) is 24.5 Å². The molecule has 106 valence electrons. The first-order valence-corrected chi connectivity index (χ1v) is 7.21. The summed E-state index contributed by atoms with van der Waals surface area (Å²) in [6.45, 7) is 0. The summed E-state index contributed by atoms with van der Waals surface area (Å²) < 4.78 is 21.8. The highest BCUT2D eigenvalue weighted by molar-refractivity contribution is 6.99. The van der Waals surface area contributed by atoms with E-state index < -0.39 is 0 Å². The Morgan fingerprint density at radius 2 is 1.50 bits per heavy atom. The zero-order valence-electron chi connectivity index (χ0n) is 11.1. The highest BCUT2D eigenvalue weighted by Crippen LogP contribution is 2.30. The predicted molar refractivity (Wildman–Crippen MR) is 81.6 cm³/mol. The van der Waals surface area contributed by atoms with E-state index in [1.165, 1.54) is 12.1 Å². The van der Waals surface area contributed by atoms with Crippen molar-refractivity contribution < 1.29 is 4.39 Å². The zero-order valence-corrected chi connectivity index (χ0v) is 12.0. The molecule has 22 heavy (non-hydrogen) atoms. The predicted octanol–water partition coefficient (Wildman–Crippen LogP) is 3.35. The Morgan fingerprint density at radius 3 is 2.18 bits per heavy atom. The molecule has 0 saturated heterocycles. The molecule has 3 heterocycles. The zero-order chi connectivity index (χ0) is 14.9. The molecule has 4 aromatic rings. The molecule has 0 aliphatic rings. The molecule has 0 bridgehead atoms. The minimum absolute atomic E-state index is 0.323.